The van der Waals surface area contributed by atoms with E-state index < -0.39 is 0 Å². The van der Waals surface area contributed by atoms with Crippen LogP contribution in [0.5, 0.6) is 0 Å². The zero-order valence-corrected chi connectivity index (χ0v) is 9.14. The molecule has 0 unspecified atom stereocenters. The predicted octanol–water partition coefficient (Wildman–Crippen LogP) is 3.85. The van der Waals surface area contributed by atoms with Crippen molar-refractivity contribution in [2.45, 2.75) is 26.7 Å². The first-order chi connectivity index (χ1) is 6.60. The topological polar surface area (TPSA) is 17.1 Å². The van der Waals surface area contributed by atoms with Crippen LogP contribution >= 0.6 is 11.6 Å². The van der Waals surface area contributed by atoms with Crippen LogP contribution in [-0.2, 0) is 4.79 Å². The largest absolute Gasteiger partial charge is 0.300 e. The molecule has 0 fully saturated rings. The van der Waals surface area contributed by atoms with E-state index in [4.69, 9.17) is 11.6 Å². The van der Waals surface area contributed by atoms with Crippen molar-refractivity contribution in [2.75, 3.05) is 0 Å². The smallest absolute Gasteiger partial charge is 0.132 e. The van der Waals surface area contributed by atoms with Crippen molar-refractivity contribution in [3.8, 4) is 0 Å². The SMILES string of the molecule is CCC(=O)CC.Fc1cccc(Cl)c1. The van der Waals surface area contributed by atoms with Gasteiger partial charge in [-0.05, 0) is 18.2 Å². The molecule has 0 aliphatic carbocycles. The number of hydrogen-bond acceptors (Lipinski definition) is 1. The molecule has 0 saturated heterocycles. The molecule has 3 heteroatoms. The van der Waals surface area contributed by atoms with Gasteiger partial charge in [-0.2, -0.15) is 0 Å². The van der Waals surface area contributed by atoms with Crippen LogP contribution in [0.2, 0.25) is 5.02 Å². The molecule has 0 bridgehead atoms. The minimum atomic E-state index is -0.294. The maximum absolute atomic E-state index is 12.1. The Bertz CT molecular complexity index is 263. The standard InChI is InChI=1S/C6H4ClF.C5H10O/c7-5-2-1-3-6(8)4-5;1-3-5(6)4-2/h1-4H;3-4H2,1-2H3. The quantitative estimate of drug-likeness (QED) is 0.734. The molecule has 0 aromatic heterocycles. The Morgan fingerprint density at radius 1 is 1.36 bits per heavy atom. The third-order valence-electron chi connectivity index (χ3n) is 1.58. The molecule has 0 aliphatic rings. The lowest BCUT2D eigenvalue weighted by molar-refractivity contribution is -0.118. The van der Waals surface area contributed by atoms with E-state index in [-0.39, 0.29) is 5.82 Å². The highest BCUT2D eigenvalue weighted by Gasteiger charge is 1.87. The summed E-state index contributed by atoms with van der Waals surface area (Å²) in [6.45, 7) is 3.76. The zero-order chi connectivity index (χ0) is 11.0. The average molecular weight is 217 g/mol. The fourth-order valence-corrected chi connectivity index (χ4v) is 0.887. The number of benzene rings is 1. The van der Waals surface area contributed by atoms with Crippen molar-refractivity contribution in [3.05, 3.63) is 35.1 Å². The third kappa shape index (κ3) is 6.61. The van der Waals surface area contributed by atoms with Gasteiger partial charge >= 0.3 is 0 Å². The monoisotopic (exact) mass is 216 g/mol. The maximum atomic E-state index is 12.1. The summed E-state index contributed by atoms with van der Waals surface area (Å²) >= 11 is 5.40. The first kappa shape index (κ1) is 13.1. The van der Waals surface area contributed by atoms with Crippen LogP contribution < -0.4 is 0 Å². The number of carbonyl (C=O) groups excluding carboxylic acids is 1. The lowest BCUT2D eigenvalue weighted by Crippen LogP contribution is -1.88. The van der Waals surface area contributed by atoms with Crippen LogP contribution in [-0.4, -0.2) is 5.78 Å². The summed E-state index contributed by atoms with van der Waals surface area (Å²) in [6, 6.07) is 5.82. The molecule has 0 aliphatic heterocycles. The van der Waals surface area contributed by atoms with Gasteiger partial charge in [-0.3, -0.25) is 4.79 Å². The molecule has 14 heavy (non-hydrogen) atoms. The van der Waals surface area contributed by atoms with Crippen molar-refractivity contribution in [1.29, 1.82) is 0 Å². The van der Waals surface area contributed by atoms with Crippen molar-refractivity contribution in [1.82, 2.24) is 0 Å². The fraction of sp³-hybridized carbons (Fsp3) is 0.364. The molecule has 0 spiro atoms. The van der Waals surface area contributed by atoms with Gasteiger partial charge in [0.25, 0.3) is 0 Å². The van der Waals surface area contributed by atoms with Crippen LogP contribution in [0, 0.1) is 5.82 Å². The zero-order valence-electron chi connectivity index (χ0n) is 8.39. The highest BCUT2D eigenvalue weighted by molar-refractivity contribution is 6.30. The number of carbonyl (C=O) groups is 1. The Kier molecular flexibility index (Phi) is 7.03. The second kappa shape index (κ2) is 7.51. The minimum Gasteiger partial charge on any atom is -0.300 e. The molecule has 78 valence electrons. The van der Waals surface area contributed by atoms with E-state index in [9.17, 15) is 9.18 Å². The van der Waals surface area contributed by atoms with Gasteiger partial charge < -0.3 is 0 Å². The van der Waals surface area contributed by atoms with Crippen LogP contribution in [0.15, 0.2) is 24.3 Å². The van der Waals surface area contributed by atoms with Crippen molar-refractivity contribution < 1.29 is 9.18 Å². The predicted molar refractivity (Wildman–Crippen MR) is 57.0 cm³/mol. The lowest BCUT2D eigenvalue weighted by atomic mass is 10.3. The summed E-state index contributed by atoms with van der Waals surface area (Å²) in [5.74, 6) is 0.0486. The molecule has 1 nitrogen and oxygen atoms in total. The van der Waals surface area contributed by atoms with Gasteiger partial charge in [0, 0.05) is 17.9 Å². The number of rotatable bonds is 2. The summed E-state index contributed by atoms with van der Waals surface area (Å²) in [5, 5.41) is 0.435. The van der Waals surface area contributed by atoms with Crippen molar-refractivity contribution >= 4 is 17.4 Å². The summed E-state index contributed by atoms with van der Waals surface area (Å²) in [7, 11) is 0. The maximum Gasteiger partial charge on any atom is 0.132 e. The number of Topliss-reactive ketones (excluding diaryl/α,β-unsaturated/α-hetero) is 1. The Morgan fingerprint density at radius 2 is 1.93 bits per heavy atom. The molecule has 1 rings (SSSR count). The summed E-state index contributed by atoms with van der Waals surface area (Å²) in [4.78, 5) is 10.2. The number of hydrogen-bond donors (Lipinski definition) is 0. The molecule has 0 amide bonds. The first-order valence-electron chi connectivity index (χ1n) is 4.52. The minimum absolute atomic E-state index is 0.294. The van der Waals surface area contributed by atoms with E-state index in [1.807, 2.05) is 13.8 Å². The molecule has 0 atom stereocenters. The fourth-order valence-electron chi connectivity index (χ4n) is 0.710. The van der Waals surface area contributed by atoms with E-state index >= 15 is 0 Å². The summed E-state index contributed by atoms with van der Waals surface area (Å²) in [5.41, 5.74) is 0. The van der Waals surface area contributed by atoms with Crippen LogP contribution in [0.4, 0.5) is 4.39 Å². The Hall–Kier alpha value is -0.890. The normalized spacial score (nSPS) is 8.86. The molecular weight excluding hydrogens is 203 g/mol. The van der Waals surface area contributed by atoms with Crippen LogP contribution in [0.1, 0.15) is 26.7 Å². The lowest BCUT2D eigenvalue weighted by Gasteiger charge is -1.85. The van der Waals surface area contributed by atoms with Gasteiger partial charge in [-0.15, -0.1) is 0 Å². The van der Waals surface area contributed by atoms with E-state index in [2.05, 4.69) is 0 Å². The van der Waals surface area contributed by atoms with Crippen molar-refractivity contribution in [3.63, 3.8) is 0 Å². The van der Waals surface area contributed by atoms with E-state index in [1.165, 1.54) is 12.1 Å². The molecule has 1 aromatic carbocycles. The third-order valence-corrected chi connectivity index (χ3v) is 1.81. The number of halogens is 2. The van der Waals surface area contributed by atoms with Gasteiger partial charge in [0.2, 0.25) is 0 Å². The number of ketones is 1. The molecule has 0 N–H and O–H groups in total. The average Bonchev–Trinajstić information content (AvgIpc) is 2.17. The molecule has 0 radical (unpaired) electrons. The highest BCUT2D eigenvalue weighted by atomic mass is 35.5. The van der Waals surface area contributed by atoms with Gasteiger partial charge in [-0.1, -0.05) is 31.5 Å². The Morgan fingerprint density at radius 3 is 2.14 bits per heavy atom. The highest BCUT2D eigenvalue weighted by Crippen LogP contribution is 2.07. The first-order valence-corrected chi connectivity index (χ1v) is 4.90. The van der Waals surface area contributed by atoms with Gasteiger partial charge in [0.15, 0.2) is 0 Å². The van der Waals surface area contributed by atoms with E-state index in [0.717, 1.165) is 0 Å². The Balaban J connectivity index is 0.000000255. The summed E-state index contributed by atoms with van der Waals surface area (Å²) < 4.78 is 12.1. The van der Waals surface area contributed by atoms with Gasteiger partial charge in [0.05, 0.1) is 0 Å². The van der Waals surface area contributed by atoms with Crippen molar-refractivity contribution in [2.24, 2.45) is 0 Å². The molecular formula is C11H14ClFO. The van der Waals surface area contributed by atoms with Crippen LogP contribution in [0.3, 0.4) is 0 Å². The second-order valence-electron chi connectivity index (χ2n) is 2.69. The Labute approximate surface area is 88.9 Å². The van der Waals surface area contributed by atoms with Gasteiger partial charge in [0.1, 0.15) is 11.6 Å². The molecule has 0 heterocycles. The van der Waals surface area contributed by atoms with E-state index in [1.54, 1.807) is 12.1 Å². The molecule has 0 saturated carbocycles. The van der Waals surface area contributed by atoms with Crippen LogP contribution in [0.25, 0.3) is 0 Å². The van der Waals surface area contributed by atoms with E-state index in [0.29, 0.717) is 23.6 Å². The molecule has 1 aromatic rings. The second-order valence-corrected chi connectivity index (χ2v) is 3.12. The van der Waals surface area contributed by atoms with Gasteiger partial charge in [-0.25, -0.2) is 4.39 Å². The summed E-state index contributed by atoms with van der Waals surface area (Å²) in [6.07, 6.45) is 1.38.